The van der Waals surface area contributed by atoms with E-state index in [1.165, 1.54) is 0 Å². The maximum Gasteiger partial charge on any atom is 0.279 e. The first kappa shape index (κ1) is 98.4. The summed E-state index contributed by atoms with van der Waals surface area (Å²) in [6.45, 7) is 61.3. The zero-order valence-electron chi connectivity index (χ0n) is 61.2. The topological polar surface area (TPSA) is 238 Å². The summed E-state index contributed by atoms with van der Waals surface area (Å²) < 4.78 is 27.2. The quantitative estimate of drug-likeness (QED) is 0.0448. The van der Waals surface area contributed by atoms with Crippen molar-refractivity contribution in [2.24, 2.45) is 27.6 Å². The average molecular weight is 1250 g/mol. The Morgan fingerprint density at radius 2 is 0.744 bits per heavy atom. The molecule has 0 aliphatic rings. The highest BCUT2D eigenvalue weighted by molar-refractivity contribution is 7.88. The smallest absolute Gasteiger partial charge is 0.279 e. The van der Waals surface area contributed by atoms with Gasteiger partial charge in [0.2, 0.25) is 41.4 Å². The molecule has 0 aromatic heterocycles. The van der Waals surface area contributed by atoms with Gasteiger partial charge in [0.25, 0.3) is 10.1 Å². The van der Waals surface area contributed by atoms with Crippen LogP contribution < -0.4 is 31.9 Å². The molecule has 0 aromatic carbocycles. The molecule has 17 nitrogen and oxygen atoms in total. The van der Waals surface area contributed by atoms with Gasteiger partial charge in [-0.2, -0.15) is 8.42 Å². The molecule has 0 radical (unpaired) electrons. The number of nitrogens with zero attached hydrogens (tertiary/aromatic N) is 1. The summed E-state index contributed by atoms with van der Waals surface area (Å²) in [5, 5.41) is 15.8. The lowest BCUT2D eigenvalue weighted by atomic mass is 9.90. The van der Waals surface area contributed by atoms with Crippen LogP contribution in [0.3, 0.4) is 0 Å². The summed E-state index contributed by atoms with van der Waals surface area (Å²) in [5.74, 6) is 1.23. The van der Waals surface area contributed by atoms with E-state index in [-0.39, 0.29) is 102 Å². The van der Waals surface area contributed by atoms with E-state index < -0.39 is 21.3 Å². The standard InChI is InChI=1S/2C11H23NO.C10H21NO.C9H19NO4S.2C9H19NO.C8H17NO.CH4/c1-9(2)12(6)10(13)7-8-11(3,4)5;1-9(2)12-10(13)7-6-8-11(3,4)5;1-8(2)11-9(12)6-7-10(3,4)5;1-5-6-8(15(12,13)14-4)9(11)10-7(2)3;1-7(2)10-8(11)6-9(3,4)5;1-7(2)5-6-9(11)10-8(3)4;1-4-5-6-8(10)9-7(2)3;/h9H,7-8H2,1-6H3;9H,6-8H2,1-5H3,(H,12,13);8H,6-7H2,1-5H3,(H,11,12);7-8H,5-6H2,1-4H3,(H,10,11);7H,6H2,1-5H3,(H,10,11);7-8H,5-6H2,1-4H3,(H,10,11);7H,4-6H2,1-3H3,(H,9,10);1H4. The third-order valence-corrected chi connectivity index (χ3v) is 12.8. The van der Waals surface area contributed by atoms with E-state index in [1.807, 2.05) is 102 Å². The molecule has 0 heterocycles. The molecule has 0 rings (SSSR count). The fourth-order valence-electron chi connectivity index (χ4n) is 6.56. The molecule has 7 amide bonds. The van der Waals surface area contributed by atoms with E-state index >= 15 is 0 Å². The maximum absolute atomic E-state index is 11.6. The number of unbranched alkanes of at least 4 members (excludes halogenated alkanes) is 1. The number of hydrogen-bond donors (Lipinski definition) is 6. The Labute approximate surface area is 532 Å². The molecule has 0 saturated heterocycles. The summed E-state index contributed by atoms with van der Waals surface area (Å²) in [6, 6.07) is 1.57. The molecule has 0 saturated carbocycles. The minimum Gasteiger partial charge on any atom is -0.354 e. The van der Waals surface area contributed by atoms with Crippen LogP contribution in [0.1, 0.15) is 311 Å². The molecule has 18 heteroatoms. The molecular weight excluding hydrogens is 1110 g/mol. The summed E-state index contributed by atoms with van der Waals surface area (Å²) in [4.78, 5) is 80.5. The van der Waals surface area contributed by atoms with Crippen molar-refractivity contribution in [1.82, 2.24) is 36.8 Å². The monoisotopic (exact) mass is 1250 g/mol. The molecular formula is C68H145N7O10S. The van der Waals surface area contributed by atoms with Gasteiger partial charge in [-0.25, -0.2) is 0 Å². The third-order valence-electron chi connectivity index (χ3n) is 11.2. The Morgan fingerprint density at radius 1 is 0.419 bits per heavy atom. The van der Waals surface area contributed by atoms with Crippen LogP contribution in [0, 0.1) is 27.6 Å². The number of carbonyl (C=O) groups excluding carboxylic acids is 7. The average Bonchev–Trinajstić information content (AvgIpc) is 3.28. The van der Waals surface area contributed by atoms with Crippen LogP contribution in [0.25, 0.3) is 0 Å². The second kappa shape index (κ2) is 53.1. The molecule has 0 aliphatic heterocycles. The molecule has 1 atom stereocenters. The van der Waals surface area contributed by atoms with Crippen LogP contribution in [0.15, 0.2) is 0 Å². The SMILES string of the molecule is C.CC(C)CCC(=O)NC(C)C.CC(C)N(C)C(=O)CCC(C)(C)C.CC(C)NC(=O)CC(C)(C)C.CC(C)NC(=O)CCC(C)(C)C.CC(C)NC(=O)CCCC(C)(C)C.CCCC(C(=O)NC(C)C)S(=O)(=O)OC.CCCCC(=O)NC(C)C. The molecule has 518 valence electrons. The van der Waals surface area contributed by atoms with Gasteiger partial charge in [0, 0.05) is 87.9 Å². The highest BCUT2D eigenvalue weighted by Gasteiger charge is 2.32. The van der Waals surface area contributed by atoms with E-state index in [0.717, 1.165) is 52.1 Å². The van der Waals surface area contributed by atoms with Crippen molar-refractivity contribution in [3.8, 4) is 0 Å². The van der Waals surface area contributed by atoms with Crippen molar-refractivity contribution in [3.05, 3.63) is 0 Å². The number of amides is 7. The van der Waals surface area contributed by atoms with Crippen molar-refractivity contribution in [1.29, 1.82) is 0 Å². The van der Waals surface area contributed by atoms with E-state index in [1.54, 1.807) is 13.8 Å². The molecule has 1 unspecified atom stereocenters. The predicted octanol–water partition coefficient (Wildman–Crippen LogP) is 14.6. The highest BCUT2D eigenvalue weighted by Crippen LogP contribution is 2.23. The van der Waals surface area contributed by atoms with Gasteiger partial charge in [-0.15, -0.1) is 0 Å². The van der Waals surface area contributed by atoms with Crippen LogP contribution in [0.4, 0.5) is 0 Å². The molecule has 0 bridgehead atoms. The second-order valence-corrected chi connectivity index (χ2v) is 31.5. The molecule has 0 spiro atoms. The van der Waals surface area contributed by atoms with Gasteiger partial charge in [-0.1, -0.05) is 131 Å². The lowest BCUT2D eigenvalue weighted by molar-refractivity contribution is -0.132. The van der Waals surface area contributed by atoms with Crippen molar-refractivity contribution in [2.45, 2.75) is 359 Å². The van der Waals surface area contributed by atoms with Crippen LogP contribution in [0.2, 0.25) is 0 Å². The molecule has 0 aliphatic carbocycles. The van der Waals surface area contributed by atoms with Crippen molar-refractivity contribution < 1.29 is 46.2 Å². The normalized spacial score (nSPS) is 11.7. The predicted molar refractivity (Wildman–Crippen MR) is 367 cm³/mol. The lowest BCUT2D eigenvalue weighted by Gasteiger charge is -2.24. The first-order chi connectivity index (χ1) is 38.2. The minimum atomic E-state index is -3.78. The van der Waals surface area contributed by atoms with Gasteiger partial charge in [0.15, 0.2) is 5.25 Å². The zero-order chi connectivity index (χ0) is 68.9. The first-order valence-electron chi connectivity index (χ1n) is 32.0. The second-order valence-electron chi connectivity index (χ2n) is 29.6. The Bertz CT molecular complexity index is 1850. The van der Waals surface area contributed by atoms with Crippen LogP contribution in [-0.2, 0) is 47.9 Å². The van der Waals surface area contributed by atoms with Crippen LogP contribution >= 0.6 is 0 Å². The number of carbonyl (C=O) groups is 7. The Hall–Kier alpha value is -3.80. The van der Waals surface area contributed by atoms with E-state index in [0.29, 0.717) is 62.3 Å². The number of rotatable bonds is 26. The van der Waals surface area contributed by atoms with Gasteiger partial charge < -0.3 is 36.8 Å². The third kappa shape index (κ3) is 84.4. The minimum absolute atomic E-state index is 0. The first-order valence-corrected chi connectivity index (χ1v) is 33.5. The summed E-state index contributed by atoms with van der Waals surface area (Å²) in [7, 11) is -0.839. The van der Waals surface area contributed by atoms with E-state index in [4.69, 9.17) is 0 Å². The largest absolute Gasteiger partial charge is 0.354 e. The van der Waals surface area contributed by atoms with E-state index in [2.05, 4.69) is 140 Å². The van der Waals surface area contributed by atoms with Crippen molar-refractivity contribution in [2.75, 3.05) is 14.2 Å². The summed E-state index contributed by atoms with van der Waals surface area (Å²) in [6.07, 6.45) is 11.9. The highest BCUT2D eigenvalue weighted by atomic mass is 32.2. The molecule has 0 aromatic rings. The Morgan fingerprint density at radius 3 is 1.03 bits per heavy atom. The summed E-state index contributed by atoms with van der Waals surface area (Å²) in [5.41, 5.74) is 0.957. The zero-order valence-corrected chi connectivity index (χ0v) is 62.1. The van der Waals surface area contributed by atoms with Crippen molar-refractivity contribution >= 4 is 51.5 Å². The fourth-order valence-corrected chi connectivity index (χ4v) is 7.65. The molecule has 86 heavy (non-hydrogen) atoms. The lowest BCUT2D eigenvalue weighted by Crippen LogP contribution is -2.43. The fraction of sp³-hybridized carbons (Fsp3) is 0.897. The van der Waals surface area contributed by atoms with Gasteiger partial charge >= 0.3 is 0 Å². The molecule has 6 N–H and O–H groups in total. The van der Waals surface area contributed by atoms with Gasteiger partial charge in [-0.05, 0) is 169 Å². The van der Waals surface area contributed by atoms with Crippen LogP contribution in [-0.4, -0.2) is 116 Å². The summed E-state index contributed by atoms with van der Waals surface area (Å²) >= 11 is 0. The van der Waals surface area contributed by atoms with Crippen molar-refractivity contribution in [3.63, 3.8) is 0 Å². The van der Waals surface area contributed by atoms with Gasteiger partial charge in [-0.3, -0.25) is 37.7 Å². The molecule has 0 fully saturated rings. The van der Waals surface area contributed by atoms with Crippen LogP contribution in [0.5, 0.6) is 0 Å². The van der Waals surface area contributed by atoms with E-state index in [9.17, 15) is 42.0 Å². The number of nitrogens with one attached hydrogen (secondary N) is 6. The Balaban J connectivity index is -0.000000138. The number of hydrogen-bond acceptors (Lipinski definition) is 10. The maximum atomic E-state index is 11.6. The van der Waals surface area contributed by atoms with Gasteiger partial charge in [0.05, 0.1) is 7.11 Å². The van der Waals surface area contributed by atoms with Gasteiger partial charge in [0.1, 0.15) is 0 Å². The Kier molecular flexibility index (Phi) is 60.8.